The van der Waals surface area contributed by atoms with Crippen LogP contribution < -0.4 is 0 Å². The van der Waals surface area contributed by atoms with Gasteiger partial charge in [-0.05, 0) is 6.42 Å². The van der Waals surface area contributed by atoms with Crippen LogP contribution in [0.5, 0.6) is 0 Å². The fourth-order valence-electron chi connectivity index (χ4n) is 0.800. The Morgan fingerprint density at radius 2 is 2.50 bits per heavy atom. The van der Waals surface area contributed by atoms with E-state index in [9.17, 15) is 4.39 Å². The van der Waals surface area contributed by atoms with Crippen LogP contribution in [0.25, 0.3) is 0 Å². The van der Waals surface area contributed by atoms with Crippen LogP contribution in [0.1, 0.15) is 6.42 Å². The molecule has 0 bridgehead atoms. The minimum atomic E-state index is -0.894. The van der Waals surface area contributed by atoms with E-state index >= 15 is 0 Å². The summed E-state index contributed by atoms with van der Waals surface area (Å²) in [5.74, 6) is 0.310. The number of hydrogen-bond donors (Lipinski definition) is 0. The summed E-state index contributed by atoms with van der Waals surface area (Å²) >= 11 is 0. The highest BCUT2D eigenvalue weighted by Crippen LogP contribution is 2.49. The molecule has 0 N–H and O–H groups in total. The highest BCUT2D eigenvalue weighted by atomic mass is 19.1. The number of ether oxygens (including phenoxy) is 1. The molecule has 0 spiro atoms. The largest absolute Gasteiger partial charge is 0.344 e. The molecule has 3 atom stereocenters. The zero-order valence-corrected chi connectivity index (χ0v) is 3.23. The molecule has 1 nitrogen and oxygen atoms in total. The van der Waals surface area contributed by atoms with Crippen molar-refractivity contribution in [1.82, 2.24) is 0 Å². The molecule has 1 aliphatic carbocycles. The molecule has 2 rings (SSSR count). The van der Waals surface area contributed by atoms with Crippen molar-refractivity contribution in [2.75, 3.05) is 0 Å². The number of rotatable bonds is 0. The summed E-state index contributed by atoms with van der Waals surface area (Å²) < 4.78 is 16.3. The van der Waals surface area contributed by atoms with Crippen molar-refractivity contribution in [3.8, 4) is 0 Å². The minimum Gasteiger partial charge on any atom is -0.344 e. The van der Waals surface area contributed by atoms with Gasteiger partial charge >= 0.3 is 0 Å². The van der Waals surface area contributed by atoms with Gasteiger partial charge in [0.15, 0.2) is 0 Å². The van der Waals surface area contributed by atoms with Crippen LogP contribution in [0.2, 0.25) is 0 Å². The van der Waals surface area contributed by atoms with Crippen LogP contribution in [0, 0.1) is 5.92 Å². The minimum absolute atomic E-state index is 0.310. The van der Waals surface area contributed by atoms with E-state index in [1.165, 1.54) is 0 Å². The molecule has 0 amide bonds. The van der Waals surface area contributed by atoms with E-state index in [1.54, 1.807) is 0 Å². The Bertz CT molecular complexity index is 83.6. The first-order valence-corrected chi connectivity index (χ1v) is 2.17. The van der Waals surface area contributed by atoms with Crippen LogP contribution in [-0.2, 0) is 4.74 Å². The first-order chi connectivity index (χ1) is 2.88. The lowest BCUT2D eigenvalue weighted by atomic mass is 10.4. The summed E-state index contributed by atoms with van der Waals surface area (Å²) in [5.41, 5.74) is 0. The summed E-state index contributed by atoms with van der Waals surface area (Å²) in [4.78, 5) is 0. The number of alkyl halides is 1. The van der Waals surface area contributed by atoms with E-state index in [0.29, 0.717) is 12.0 Å². The van der Waals surface area contributed by atoms with E-state index < -0.39 is 6.36 Å². The molecule has 6 heavy (non-hydrogen) atoms. The van der Waals surface area contributed by atoms with E-state index in [1.807, 2.05) is 0 Å². The molecule has 1 aliphatic heterocycles. The Labute approximate surface area is 35.1 Å². The van der Waals surface area contributed by atoms with Gasteiger partial charge < -0.3 is 4.74 Å². The van der Waals surface area contributed by atoms with Gasteiger partial charge in [-0.1, -0.05) is 0 Å². The predicted octanol–water partition coefficient (Wildman–Crippen LogP) is 0.701. The van der Waals surface area contributed by atoms with Gasteiger partial charge in [-0.25, -0.2) is 4.39 Å². The van der Waals surface area contributed by atoms with Crippen molar-refractivity contribution in [3.63, 3.8) is 0 Å². The van der Waals surface area contributed by atoms with Crippen LogP contribution >= 0.6 is 0 Å². The molecule has 0 radical (unpaired) electrons. The van der Waals surface area contributed by atoms with E-state index in [4.69, 9.17) is 0 Å². The number of hydrogen-bond acceptors (Lipinski definition) is 1. The van der Waals surface area contributed by atoms with Crippen molar-refractivity contribution in [1.29, 1.82) is 0 Å². The molecular weight excluding hydrogens is 83.0 g/mol. The van der Waals surface area contributed by atoms with Gasteiger partial charge in [-0.3, -0.25) is 0 Å². The maximum Gasteiger partial charge on any atom is 0.204 e. The van der Waals surface area contributed by atoms with Crippen molar-refractivity contribution in [2.45, 2.75) is 18.9 Å². The molecule has 0 aromatic heterocycles. The molecule has 1 heterocycles. The third-order valence-electron chi connectivity index (χ3n) is 1.42. The van der Waals surface area contributed by atoms with Gasteiger partial charge in [0.05, 0.1) is 6.10 Å². The molecule has 1 saturated heterocycles. The van der Waals surface area contributed by atoms with Gasteiger partial charge in [-0.15, -0.1) is 0 Å². The first-order valence-electron chi connectivity index (χ1n) is 2.17. The standard InChI is InChI=1S/C4H5FO/c5-4-2-1-3(2)6-4/h2-4H,1H2. The van der Waals surface area contributed by atoms with E-state index in [2.05, 4.69) is 4.74 Å². The zero-order chi connectivity index (χ0) is 4.15. The monoisotopic (exact) mass is 88.0 g/mol. The second kappa shape index (κ2) is 0.624. The summed E-state index contributed by atoms with van der Waals surface area (Å²) in [5, 5.41) is 0. The quantitative estimate of drug-likeness (QED) is 0.423. The van der Waals surface area contributed by atoms with Crippen molar-refractivity contribution in [3.05, 3.63) is 0 Å². The average molecular weight is 88.1 g/mol. The maximum atomic E-state index is 11.7. The molecule has 34 valence electrons. The van der Waals surface area contributed by atoms with Gasteiger partial charge in [-0.2, -0.15) is 0 Å². The van der Waals surface area contributed by atoms with Gasteiger partial charge in [0.1, 0.15) is 0 Å². The van der Waals surface area contributed by atoms with Crippen LogP contribution in [0.3, 0.4) is 0 Å². The topological polar surface area (TPSA) is 9.23 Å². The van der Waals surface area contributed by atoms with Gasteiger partial charge in [0.2, 0.25) is 6.36 Å². The summed E-state index contributed by atoms with van der Waals surface area (Å²) in [6, 6.07) is 0. The Hall–Kier alpha value is -0.110. The normalized spacial score (nSPS) is 62.5. The number of halogens is 1. The van der Waals surface area contributed by atoms with E-state index in [0.717, 1.165) is 6.42 Å². The molecule has 1 saturated carbocycles. The third kappa shape index (κ3) is 0.168. The SMILES string of the molecule is FC1OC2CC12. The highest BCUT2D eigenvalue weighted by molar-refractivity contribution is 4.98. The lowest BCUT2D eigenvalue weighted by Gasteiger charge is -2.15. The lowest BCUT2D eigenvalue weighted by Crippen LogP contribution is -2.23. The lowest BCUT2D eigenvalue weighted by molar-refractivity contribution is -0.141. The maximum absolute atomic E-state index is 11.7. The Balaban J connectivity index is 2.08. The first kappa shape index (κ1) is 2.97. The third-order valence-corrected chi connectivity index (χ3v) is 1.42. The van der Waals surface area contributed by atoms with Crippen LogP contribution in [-0.4, -0.2) is 12.5 Å². The second-order valence-electron chi connectivity index (χ2n) is 1.93. The van der Waals surface area contributed by atoms with Crippen LogP contribution in [0.15, 0.2) is 0 Å². The molecular formula is C4H5FO. The Morgan fingerprint density at radius 1 is 1.67 bits per heavy atom. The van der Waals surface area contributed by atoms with E-state index in [-0.39, 0.29) is 0 Å². The molecule has 0 aromatic carbocycles. The highest BCUT2D eigenvalue weighted by Gasteiger charge is 2.56. The smallest absolute Gasteiger partial charge is 0.204 e. The fourth-order valence-corrected chi connectivity index (χ4v) is 0.800. The van der Waals surface area contributed by atoms with Crippen LogP contribution in [0.4, 0.5) is 4.39 Å². The Kier molecular flexibility index (Phi) is 0.309. The van der Waals surface area contributed by atoms with Gasteiger partial charge in [0.25, 0.3) is 0 Å². The molecule has 2 heteroatoms. The fraction of sp³-hybridized carbons (Fsp3) is 1.00. The van der Waals surface area contributed by atoms with Gasteiger partial charge in [0, 0.05) is 5.92 Å². The second-order valence-corrected chi connectivity index (χ2v) is 1.93. The summed E-state index contributed by atoms with van der Waals surface area (Å²) in [6.07, 6.45) is 0.413. The summed E-state index contributed by atoms with van der Waals surface area (Å²) in [7, 11) is 0. The zero-order valence-electron chi connectivity index (χ0n) is 3.23. The Morgan fingerprint density at radius 3 is 2.50 bits per heavy atom. The molecule has 0 aromatic rings. The molecule has 3 unspecified atom stereocenters. The van der Waals surface area contributed by atoms with Crippen molar-refractivity contribution < 1.29 is 9.13 Å². The summed E-state index contributed by atoms with van der Waals surface area (Å²) in [6.45, 7) is 0. The molecule has 2 fully saturated rings. The number of fused-ring (bicyclic) bond motifs is 1. The van der Waals surface area contributed by atoms with Crippen molar-refractivity contribution in [2.24, 2.45) is 5.92 Å². The predicted molar refractivity (Wildman–Crippen MR) is 17.9 cm³/mol. The average Bonchev–Trinajstić information content (AvgIpc) is 2.12. The molecule has 2 aliphatic rings. The van der Waals surface area contributed by atoms with Crippen molar-refractivity contribution >= 4 is 0 Å².